The Hall–Kier alpha value is -5.14. The summed E-state index contributed by atoms with van der Waals surface area (Å²) in [4.78, 5) is 22.9. The number of amides is 4. The van der Waals surface area contributed by atoms with Gasteiger partial charge < -0.3 is 53.2 Å². The molecule has 12 nitrogen and oxygen atoms in total. The maximum atomic E-state index is 11.4. The second-order valence-electron chi connectivity index (χ2n) is 19.7. The summed E-state index contributed by atoms with van der Waals surface area (Å²) >= 11 is 0. The van der Waals surface area contributed by atoms with Crippen LogP contribution in [0, 0.1) is 27.7 Å². The average Bonchev–Trinajstić information content (AvgIpc) is 3.22. The number of hydrogen-bond acceptors (Lipinski definition) is 8. The van der Waals surface area contributed by atoms with E-state index in [2.05, 4.69) is 61.1 Å². The maximum absolute atomic E-state index is 11.4. The van der Waals surface area contributed by atoms with Gasteiger partial charge in [-0.05, 0) is 198 Å². The molecule has 4 aliphatic carbocycles. The third kappa shape index (κ3) is 12.6. The molecule has 0 bridgehead atoms. The molecule has 0 saturated carbocycles. The van der Waals surface area contributed by atoms with E-state index < -0.39 is 22.4 Å². The highest BCUT2D eigenvalue weighted by Crippen LogP contribution is 2.38. The minimum absolute atomic E-state index is 0.230. The Kier molecular flexibility index (Phi) is 15.5. The molecule has 0 unspecified atom stereocenters. The van der Waals surface area contributed by atoms with Gasteiger partial charge in [0.1, 0.15) is 0 Å². The molecule has 4 amide bonds. The number of nitrogens with two attached hydrogens (primary N) is 2. The van der Waals surface area contributed by atoms with E-state index in [1.807, 2.05) is 64.1 Å². The topological polar surface area (TPSA) is 215 Å². The van der Waals surface area contributed by atoms with Crippen molar-refractivity contribution in [2.24, 2.45) is 0 Å². The smallest absolute Gasteiger partial charge is 0.318 e. The average molecular weight is 879 g/mol. The van der Waals surface area contributed by atoms with Crippen molar-refractivity contribution in [3.63, 3.8) is 0 Å². The molecule has 8 rings (SSSR count). The van der Waals surface area contributed by atoms with Crippen molar-refractivity contribution in [2.75, 3.05) is 36.2 Å². The Morgan fingerprint density at radius 1 is 0.438 bits per heavy atom. The van der Waals surface area contributed by atoms with Gasteiger partial charge in [-0.15, -0.1) is 0 Å². The molecule has 0 aliphatic heterocycles. The number of benzene rings is 4. The van der Waals surface area contributed by atoms with Crippen LogP contribution in [0.25, 0.3) is 0 Å². The van der Waals surface area contributed by atoms with Gasteiger partial charge in [0.2, 0.25) is 0 Å². The number of nitrogen functional groups attached to an aromatic ring is 2. The van der Waals surface area contributed by atoms with Crippen LogP contribution in [0.2, 0.25) is 0 Å². The Labute approximate surface area is 380 Å². The molecule has 0 saturated heterocycles. The third-order valence-electron chi connectivity index (χ3n) is 13.6. The highest BCUT2D eigenvalue weighted by Gasteiger charge is 2.33. The van der Waals surface area contributed by atoms with E-state index in [0.717, 1.165) is 96.4 Å². The van der Waals surface area contributed by atoms with Crippen LogP contribution in [0.15, 0.2) is 48.5 Å². The van der Waals surface area contributed by atoms with Gasteiger partial charge >= 0.3 is 12.1 Å². The summed E-state index contributed by atoms with van der Waals surface area (Å²) in [5.41, 5.74) is 27.3. The highest BCUT2D eigenvalue weighted by atomic mass is 16.3. The molecule has 4 atom stereocenters. The summed E-state index contributed by atoms with van der Waals surface area (Å²) in [5.74, 6) is 0. The highest BCUT2D eigenvalue weighted by molar-refractivity contribution is 5.91. The van der Waals surface area contributed by atoms with E-state index in [-0.39, 0.29) is 12.1 Å². The first-order chi connectivity index (χ1) is 29.8. The molecule has 0 aromatic heterocycles. The maximum Gasteiger partial charge on any atom is 0.318 e. The van der Waals surface area contributed by atoms with Crippen molar-refractivity contribution in [1.29, 1.82) is 0 Å². The van der Waals surface area contributed by atoms with E-state index in [1.54, 1.807) is 14.1 Å². The van der Waals surface area contributed by atoms with Crippen LogP contribution in [0.5, 0.6) is 0 Å². The van der Waals surface area contributed by atoms with Crippen molar-refractivity contribution >= 4 is 34.8 Å². The number of fused-ring (bicyclic) bond motifs is 4. The number of carbonyl (C=O) groups excluding carboxylic acids is 2. The van der Waals surface area contributed by atoms with Crippen LogP contribution in [0.1, 0.15) is 120 Å². The Balaban J connectivity index is 0.000000162. The molecule has 4 aliphatic rings. The molecule has 348 valence electrons. The standard InChI is InChI=1S/2C14H20N2O2.2C12H17NO/c2*1-9-4-5-12(16-13(17)15-3)11-8-14(2,18)7-6-10(9)11;2*1-8-3-4-11(13)10-7-12(2,14)6-5-9(8)10/h2*4-5,18H,6-8H2,1-3H3,(H2,15,16,17);2*3-4,14H,5-7,13H2,1-2H3/t2*14-;2*12-/m1010/s1. The van der Waals surface area contributed by atoms with E-state index in [4.69, 9.17) is 11.5 Å². The number of nitrogens with one attached hydrogen (secondary N) is 4. The zero-order valence-corrected chi connectivity index (χ0v) is 39.9. The molecule has 4 aromatic rings. The van der Waals surface area contributed by atoms with Gasteiger partial charge in [-0.1, -0.05) is 24.3 Å². The fourth-order valence-corrected chi connectivity index (χ4v) is 9.55. The third-order valence-corrected chi connectivity index (χ3v) is 13.6. The van der Waals surface area contributed by atoms with Gasteiger partial charge in [-0.25, -0.2) is 9.59 Å². The summed E-state index contributed by atoms with van der Waals surface area (Å²) in [6.45, 7) is 15.8. The molecule has 0 fully saturated rings. The predicted molar refractivity (Wildman–Crippen MR) is 260 cm³/mol. The van der Waals surface area contributed by atoms with Crippen LogP contribution >= 0.6 is 0 Å². The van der Waals surface area contributed by atoms with Gasteiger partial charge in [0, 0.05) is 62.5 Å². The number of anilines is 4. The van der Waals surface area contributed by atoms with E-state index in [0.29, 0.717) is 25.7 Å². The second-order valence-corrected chi connectivity index (χ2v) is 19.7. The Morgan fingerprint density at radius 3 is 0.969 bits per heavy atom. The molecular weight excluding hydrogens is 805 g/mol. The fourth-order valence-electron chi connectivity index (χ4n) is 9.55. The first-order valence-corrected chi connectivity index (χ1v) is 22.7. The number of aliphatic hydroxyl groups is 4. The predicted octanol–water partition coefficient (Wildman–Crippen LogP) is 7.61. The lowest BCUT2D eigenvalue weighted by atomic mass is 9.79. The van der Waals surface area contributed by atoms with Gasteiger partial charge in [-0.2, -0.15) is 0 Å². The monoisotopic (exact) mass is 879 g/mol. The van der Waals surface area contributed by atoms with Gasteiger partial charge in [0.25, 0.3) is 0 Å². The fraction of sp³-hybridized carbons (Fsp3) is 0.500. The molecule has 0 heterocycles. The lowest BCUT2D eigenvalue weighted by Crippen LogP contribution is -2.34. The molecule has 4 aromatic carbocycles. The number of carbonyl (C=O) groups is 2. The Bertz CT molecular complexity index is 2190. The van der Waals surface area contributed by atoms with Crippen LogP contribution in [-0.4, -0.2) is 69.0 Å². The summed E-state index contributed by atoms with van der Waals surface area (Å²) < 4.78 is 0. The van der Waals surface area contributed by atoms with Gasteiger partial charge in [0.15, 0.2) is 0 Å². The quantitative estimate of drug-likeness (QED) is 0.0903. The number of hydrogen-bond donors (Lipinski definition) is 10. The SMILES string of the molecule is CNC(=O)Nc1ccc(C)c2c1C[C@@](C)(O)CC2.CNC(=O)Nc1ccc(C)c2c1C[C@](C)(O)CC2.Cc1ccc(N)c2c1CC[C@@](C)(O)C2.Cc1ccc(N)c2c1CC[C@](C)(O)C2. The molecule has 0 spiro atoms. The van der Waals surface area contributed by atoms with Crippen molar-refractivity contribution in [3.8, 4) is 0 Å². The zero-order valence-electron chi connectivity index (χ0n) is 39.9. The van der Waals surface area contributed by atoms with Crippen molar-refractivity contribution in [3.05, 3.63) is 115 Å². The summed E-state index contributed by atoms with van der Waals surface area (Å²) in [7, 11) is 3.18. The van der Waals surface area contributed by atoms with Crippen molar-refractivity contribution < 1.29 is 30.0 Å². The molecule has 64 heavy (non-hydrogen) atoms. The lowest BCUT2D eigenvalue weighted by molar-refractivity contribution is 0.0454. The molecule has 0 radical (unpaired) electrons. The minimum Gasteiger partial charge on any atom is -0.398 e. The van der Waals surface area contributed by atoms with Crippen LogP contribution < -0.4 is 32.7 Å². The van der Waals surface area contributed by atoms with Gasteiger partial charge in [-0.3, -0.25) is 0 Å². The Morgan fingerprint density at radius 2 is 0.688 bits per heavy atom. The first-order valence-electron chi connectivity index (χ1n) is 22.7. The number of urea groups is 2. The minimum atomic E-state index is -0.681. The van der Waals surface area contributed by atoms with Gasteiger partial charge in [0.05, 0.1) is 22.4 Å². The summed E-state index contributed by atoms with van der Waals surface area (Å²) in [6.07, 6.45) is 9.37. The van der Waals surface area contributed by atoms with E-state index >= 15 is 0 Å². The van der Waals surface area contributed by atoms with Crippen LogP contribution in [-0.2, 0) is 51.4 Å². The van der Waals surface area contributed by atoms with E-state index in [1.165, 1.54) is 44.5 Å². The lowest BCUT2D eigenvalue weighted by Gasteiger charge is -2.32. The molecule has 12 N–H and O–H groups in total. The largest absolute Gasteiger partial charge is 0.398 e. The summed E-state index contributed by atoms with van der Waals surface area (Å²) in [6, 6.07) is 15.4. The first kappa shape index (κ1) is 49.9. The molecule has 12 heteroatoms. The number of rotatable bonds is 2. The second kappa shape index (κ2) is 19.9. The normalized spacial score (nSPS) is 23.8. The zero-order chi connectivity index (χ0) is 47.4. The van der Waals surface area contributed by atoms with Crippen LogP contribution in [0.3, 0.4) is 0 Å². The summed E-state index contributed by atoms with van der Waals surface area (Å²) in [5, 5.41) is 51.1. The van der Waals surface area contributed by atoms with Crippen molar-refractivity contribution in [1.82, 2.24) is 10.6 Å². The van der Waals surface area contributed by atoms with E-state index in [9.17, 15) is 30.0 Å². The van der Waals surface area contributed by atoms with Crippen LogP contribution in [0.4, 0.5) is 32.3 Å². The number of aryl methyl sites for hydroxylation is 4. The molecular formula is C52H74N6O6. The van der Waals surface area contributed by atoms with Crippen molar-refractivity contribution in [2.45, 2.75) is 155 Å².